The van der Waals surface area contributed by atoms with Gasteiger partial charge in [-0.2, -0.15) is 0 Å². The molecule has 6 heteroatoms. The molecule has 0 bridgehead atoms. The Labute approximate surface area is 147 Å². The lowest BCUT2D eigenvalue weighted by atomic mass is 10.2. The smallest absolute Gasteiger partial charge is 0.230 e. The lowest BCUT2D eigenvalue weighted by Gasteiger charge is -2.08. The molecule has 25 heavy (non-hydrogen) atoms. The van der Waals surface area contributed by atoms with Gasteiger partial charge < -0.3 is 18.5 Å². The Morgan fingerprint density at radius 2 is 2.00 bits per heavy atom. The monoisotopic (exact) mass is 341 g/mol. The van der Waals surface area contributed by atoms with Crippen molar-refractivity contribution in [2.45, 2.75) is 33.2 Å². The van der Waals surface area contributed by atoms with Gasteiger partial charge in [-0.1, -0.05) is 13.8 Å². The van der Waals surface area contributed by atoms with E-state index in [1.54, 1.807) is 14.2 Å². The molecule has 0 aliphatic carbocycles. The van der Waals surface area contributed by atoms with Crippen molar-refractivity contribution >= 4 is 0 Å². The molecule has 0 aliphatic heterocycles. The number of aromatic nitrogens is 3. The van der Waals surface area contributed by atoms with Gasteiger partial charge in [0.25, 0.3) is 0 Å². The first kappa shape index (κ1) is 17.1. The van der Waals surface area contributed by atoms with Gasteiger partial charge in [0.15, 0.2) is 0 Å². The fraction of sp³-hybridized carbons (Fsp3) is 0.368. The second kappa shape index (κ2) is 7.01. The Balaban J connectivity index is 1.97. The molecule has 3 rings (SSSR count). The highest BCUT2D eigenvalue weighted by atomic mass is 16.5. The van der Waals surface area contributed by atoms with Gasteiger partial charge >= 0.3 is 0 Å². The lowest BCUT2D eigenvalue weighted by molar-refractivity contribution is 0.402. The molecule has 2 aromatic heterocycles. The second-order valence-electron chi connectivity index (χ2n) is 6.16. The number of oxazole rings is 1. The average molecular weight is 341 g/mol. The van der Waals surface area contributed by atoms with E-state index in [1.165, 1.54) is 0 Å². The molecule has 0 saturated carbocycles. The Bertz CT molecular complexity index is 865. The Morgan fingerprint density at radius 3 is 2.68 bits per heavy atom. The van der Waals surface area contributed by atoms with Crippen LogP contribution in [0.3, 0.4) is 0 Å². The SMILES string of the molecule is COc1ccc(OC)c(-c2nc(Cn3ccnc3C(C)C)c(C)o2)c1. The van der Waals surface area contributed by atoms with Crippen LogP contribution < -0.4 is 9.47 Å². The van der Waals surface area contributed by atoms with E-state index < -0.39 is 0 Å². The van der Waals surface area contributed by atoms with Gasteiger partial charge in [-0.25, -0.2) is 9.97 Å². The zero-order valence-electron chi connectivity index (χ0n) is 15.2. The van der Waals surface area contributed by atoms with E-state index in [1.807, 2.05) is 37.5 Å². The molecule has 6 nitrogen and oxygen atoms in total. The van der Waals surface area contributed by atoms with Crippen LogP contribution in [0.2, 0.25) is 0 Å². The highest BCUT2D eigenvalue weighted by molar-refractivity contribution is 5.65. The number of hydrogen-bond donors (Lipinski definition) is 0. The van der Waals surface area contributed by atoms with E-state index in [0.29, 0.717) is 24.1 Å². The number of benzene rings is 1. The summed E-state index contributed by atoms with van der Waals surface area (Å²) in [5.41, 5.74) is 1.64. The van der Waals surface area contributed by atoms with Gasteiger partial charge in [0.05, 0.1) is 26.3 Å². The van der Waals surface area contributed by atoms with E-state index >= 15 is 0 Å². The van der Waals surface area contributed by atoms with Crippen molar-refractivity contribution in [3.8, 4) is 23.0 Å². The van der Waals surface area contributed by atoms with Gasteiger partial charge in [-0.3, -0.25) is 0 Å². The van der Waals surface area contributed by atoms with Crippen molar-refractivity contribution in [3.63, 3.8) is 0 Å². The normalized spacial score (nSPS) is 11.1. The fourth-order valence-electron chi connectivity index (χ4n) is 2.79. The predicted molar refractivity (Wildman–Crippen MR) is 95.2 cm³/mol. The first-order valence-corrected chi connectivity index (χ1v) is 8.23. The van der Waals surface area contributed by atoms with E-state index in [4.69, 9.17) is 13.9 Å². The Hall–Kier alpha value is -2.76. The summed E-state index contributed by atoms with van der Waals surface area (Å²) in [5.74, 6) is 4.10. The van der Waals surface area contributed by atoms with E-state index in [-0.39, 0.29) is 0 Å². The minimum Gasteiger partial charge on any atom is -0.497 e. The summed E-state index contributed by atoms with van der Waals surface area (Å²) in [6.45, 7) is 6.79. The van der Waals surface area contributed by atoms with Crippen molar-refractivity contribution in [1.29, 1.82) is 0 Å². The van der Waals surface area contributed by atoms with Crippen LogP contribution in [0.15, 0.2) is 35.0 Å². The molecule has 0 atom stereocenters. The van der Waals surface area contributed by atoms with Crippen LogP contribution in [0.1, 0.15) is 37.0 Å². The summed E-state index contributed by atoms with van der Waals surface area (Å²) in [6.07, 6.45) is 3.78. The molecule has 2 heterocycles. The summed E-state index contributed by atoms with van der Waals surface area (Å²) in [6, 6.07) is 5.56. The molecule has 0 aliphatic rings. The molecule has 0 fully saturated rings. The zero-order chi connectivity index (χ0) is 18.0. The van der Waals surface area contributed by atoms with Gasteiger partial charge in [0.1, 0.15) is 28.8 Å². The first-order valence-electron chi connectivity index (χ1n) is 8.23. The van der Waals surface area contributed by atoms with Crippen molar-refractivity contribution in [2.75, 3.05) is 14.2 Å². The quantitative estimate of drug-likeness (QED) is 0.677. The van der Waals surface area contributed by atoms with Gasteiger partial charge in [-0.05, 0) is 25.1 Å². The number of methoxy groups -OCH3 is 2. The summed E-state index contributed by atoms with van der Waals surface area (Å²) in [4.78, 5) is 9.11. The van der Waals surface area contributed by atoms with Crippen LogP contribution in [-0.4, -0.2) is 28.8 Å². The van der Waals surface area contributed by atoms with Crippen LogP contribution in [-0.2, 0) is 6.54 Å². The molecule has 0 radical (unpaired) electrons. The summed E-state index contributed by atoms with van der Waals surface area (Å²) >= 11 is 0. The maximum atomic E-state index is 5.91. The predicted octanol–water partition coefficient (Wildman–Crippen LogP) is 4.04. The number of nitrogens with zero attached hydrogens (tertiary/aromatic N) is 3. The summed E-state index contributed by atoms with van der Waals surface area (Å²) in [5, 5.41) is 0. The Morgan fingerprint density at radius 1 is 1.20 bits per heavy atom. The lowest BCUT2D eigenvalue weighted by Crippen LogP contribution is -2.07. The van der Waals surface area contributed by atoms with Crippen molar-refractivity contribution in [3.05, 3.63) is 47.9 Å². The van der Waals surface area contributed by atoms with Crippen molar-refractivity contribution in [2.24, 2.45) is 0 Å². The number of rotatable bonds is 6. The van der Waals surface area contributed by atoms with E-state index in [0.717, 1.165) is 28.6 Å². The van der Waals surface area contributed by atoms with Gasteiger partial charge in [-0.15, -0.1) is 0 Å². The molecule has 0 N–H and O–H groups in total. The molecular formula is C19H23N3O3. The highest BCUT2D eigenvalue weighted by Crippen LogP contribution is 2.34. The number of ether oxygens (including phenoxy) is 2. The second-order valence-corrected chi connectivity index (χ2v) is 6.16. The third-order valence-corrected chi connectivity index (χ3v) is 4.11. The van der Waals surface area contributed by atoms with E-state index in [2.05, 4.69) is 28.4 Å². The Kier molecular flexibility index (Phi) is 4.79. The van der Waals surface area contributed by atoms with Crippen LogP contribution in [0.4, 0.5) is 0 Å². The van der Waals surface area contributed by atoms with Crippen molar-refractivity contribution in [1.82, 2.24) is 14.5 Å². The summed E-state index contributed by atoms with van der Waals surface area (Å²) in [7, 11) is 3.26. The standard InChI is InChI=1S/C19H23N3O3/c1-12(2)18-20-8-9-22(18)11-16-13(3)25-19(21-16)15-10-14(23-4)6-7-17(15)24-5/h6-10,12H,11H2,1-5H3. The molecule has 132 valence electrons. The third-order valence-electron chi connectivity index (χ3n) is 4.11. The molecule has 0 spiro atoms. The van der Waals surface area contributed by atoms with Crippen LogP contribution in [0.5, 0.6) is 11.5 Å². The molecule has 3 aromatic rings. The number of aryl methyl sites for hydroxylation is 1. The van der Waals surface area contributed by atoms with Crippen LogP contribution in [0, 0.1) is 6.92 Å². The zero-order valence-corrected chi connectivity index (χ0v) is 15.2. The van der Waals surface area contributed by atoms with Crippen LogP contribution in [0.25, 0.3) is 11.5 Å². The fourth-order valence-corrected chi connectivity index (χ4v) is 2.79. The number of imidazole rings is 1. The number of hydrogen-bond acceptors (Lipinski definition) is 5. The maximum Gasteiger partial charge on any atom is 0.230 e. The summed E-state index contributed by atoms with van der Waals surface area (Å²) < 4.78 is 18.7. The topological polar surface area (TPSA) is 62.3 Å². The van der Waals surface area contributed by atoms with Gasteiger partial charge in [0.2, 0.25) is 5.89 Å². The average Bonchev–Trinajstić information content (AvgIpc) is 3.21. The highest BCUT2D eigenvalue weighted by Gasteiger charge is 2.18. The van der Waals surface area contributed by atoms with E-state index in [9.17, 15) is 0 Å². The van der Waals surface area contributed by atoms with Crippen molar-refractivity contribution < 1.29 is 13.9 Å². The minimum absolute atomic E-state index is 0.347. The molecular weight excluding hydrogens is 318 g/mol. The van der Waals surface area contributed by atoms with Gasteiger partial charge in [0, 0.05) is 18.3 Å². The molecule has 1 aromatic carbocycles. The molecule has 0 saturated heterocycles. The minimum atomic E-state index is 0.347. The molecule has 0 unspecified atom stereocenters. The third kappa shape index (κ3) is 3.38. The largest absolute Gasteiger partial charge is 0.497 e. The maximum absolute atomic E-state index is 5.91. The molecule has 0 amide bonds. The van der Waals surface area contributed by atoms with Crippen LogP contribution >= 0.6 is 0 Å². The first-order chi connectivity index (χ1) is 12.0.